The Bertz CT molecular complexity index is 725. The number of nitrogens with zero attached hydrogens (tertiary/aromatic N) is 2. The van der Waals surface area contributed by atoms with Gasteiger partial charge >= 0.3 is 5.97 Å². The molecule has 0 bridgehead atoms. The van der Waals surface area contributed by atoms with Crippen LogP contribution in [0.5, 0.6) is 0 Å². The van der Waals surface area contributed by atoms with Crippen LogP contribution in [0.25, 0.3) is 11.3 Å². The molecule has 0 aliphatic carbocycles. The van der Waals surface area contributed by atoms with Crippen LogP contribution >= 0.6 is 0 Å². The number of aromatic nitrogens is 1. The highest BCUT2D eigenvalue weighted by atomic mass is 16.5. The van der Waals surface area contributed by atoms with Gasteiger partial charge in [-0.25, -0.2) is 4.98 Å². The highest BCUT2D eigenvalue weighted by molar-refractivity contribution is 5.77. The Morgan fingerprint density at radius 3 is 2.59 bits per heavy atom. The maximum Gasteiger partial charge on any atom is 0.307 e. The van der Waals surface area contributed by atoms with Gasteiger partial charge in [-0.1, -0.05) is 44.2 Å². The molecule has 0 aliphatic heterocycles. The van der Waals surface area contributed by atoms with Crippen molar-refractivity contribution in [3.8, 4) is 11.3 Å². The van der Waals surface area contributed by atoms with E-state index in [9.17, 15) is 9.59 Å². The molecule has 0 N–H and O–H groups in total. The quantitative estimate of drug-likeness (QED) is 0.595. The SMILES string of the molecule is COC(=O)CCN(CC(C)C)C(=O)CCCc1ncc(-c2ccccc2)o1. The Kier molecular flexibility index (Phi) is 8.04. The van der Waals surface area contributed by atoms with E-state index in [1.807, 2.05) is 30.3 Å². The highest BCUT2D eigenvalue weighted by Gasteiger charge is 2.17. The molecule has 27 heavy (non-hydrogen) atoms. The van der Waals surface area contributed by atoms with Gasteiger partial charge in [0.2, 0.25) is 5.91 Å². The van der Waals surface area contributed by atoms with Crippen LogP contribution in [0.4, 0.5) is 0 Å². The number of amides is 1. The van der Waals surface area contributed by atoms with Gasteiger partial charge < -0.3 is 14.1 Å². The van der Waals surface area contributed by atoms with Gasteiger partial charge in [-0.05, 0) is 12.3 Å². The van der Waals surface area contributed by atoms with E-state index in [2.05, 4.69) is 23.6 Å². The first-order valence-corrected chi connectivity index (χ1v) is 9.34. The summed E-state index contributed by atoms with van der Waals surface area (Å²) in [7, 11) is 1.36. The molecule has 0 fully saturated rings. The van der Waals surface area contributed by atoms with Gasteiger partial charge in [0.05, 0.1) is 19.7 Å². The van der Waals surface area contributed by atoms with Crippen LogP contribution < -0.4 is 0 Å². The number of rotatable bonds is 10. The fraction of sp³-hybridized carbons (Fsp3) is 0.476. The molecule has 2 rings (SSSR count). The van der Waals surface area contributed by atoms with Crippen molar-refractivity contribution in [2.24, 2.45) is 5.92 Å². The minimum atomic E-state index is -0.301. The maximum atomic E-state index is 12.5. The topological polar surface area (TPSA) is 72.6 Å². The van der Waals surface area contributed by atoms with Crippen molar-refractivity contribution in [2.75, 3.05) is 20.2 Å². The van der Waals surface area contributed by atoms with Crippen LogP contribution in [0, 0.1) is 5.92 Å². The number of benzene rings is 1. The van der Waals surface area contributed by atoms with Crippen LogP contribution in [0.3, 0.4) is 0 Å². The summed E-state index contributed by atoms with van der Waals surface area (Å²) < 4.78 is 10.4. The molecule has 0 spiro atoms. The molecule has 146 valence electrons. The van der Waals surface area contributed by atoms with Crippen LogP contribution in [0.1, 0.15) is 39.0 Å². The highest BCUT2D eigenvalue weighted by Crippen LogP contribution is 2.20. The van der Waals surface area contributed by atoms with Crippen LogP contribution in [0.15, 0.2) is 40.9 Å². The van der Waals surface area contributed by atoms with E-state index in [4.69, 9.17) is 4.42 Å². The summed E-state index contributed by atoms with van der Waals surface area (Å²) in [6.45, 7) is 5.13. The van der Waals surface area contributed by atoms with Gasteiger partial charge in [0.1, 0.15) is 0 Å². The number of aryl methyl sites for hydroxylation is 1. The smallest absolute Gasteiger partial charge is 0.307 e. The Labute approximate surface area is 160 Å². The van der Waals surface area contributed by atoms with E-state index in [1.54, 1.807) is 11.1 Å². The van der Waals surface area contributed by atoms with Crippen LogP contribution in [-0.4, -0.2) is 42.0 Å². The van der Waals surface area contributed by atoms with E-state index in [-0.39, 0.29) is 18.3 Å². The van der Waals surface area contributed by atoms with Crippen molar-refractivity contribution < 1.29 is 18.7 Å². The first kappa shape index (κ1) is 20.7. The van der Waals surface area contributed by atoms with Crippen molar-refractivity contribution in [1.82, 2.24) is 9.88 Å². The molecule has 1 aromatic carbocycles. The molecule has 1 amide bonds. The zero-order valence-electron chi connectivity index (χ0n) is 16.3. The van der Waals surface area contributed by atoms with Crippen molar-refractivity contribution in [1.29, 1.82) is 0 Å². The number of oxazole rings is 1. The molecule has 0 saturated heterocycles. The number of ether oxygens (including phenoxy) is 1. The summed E-state index contributed by atoms with van der Waals surface area (Å²) >= 11 is 0. The van der Waals surface area contributed by atoms with Crippen LogP contribution in [0.2, 0.25) is 0 Å². The van der Waals surface area contributed by atoms with E-state index < -0.39 is 0 Å². The maximum absolute atomic E-state index is 12.5. The summed E-state index contributed by atoms with van der Waals surface area (Å²) in [6, 6.07) is 9.80. The number of hydrogen-bond donors (Lipinski definition) is 0. The van der Waals surface area contributed by atoms with Crippen molar-refractivity contribution >= 4 is 11.9 Å². The third-order valence-corrected chi connectivity index (χ3v) is 4.14. The average Bonchev–Trinajstić information content (AvgIpc) is 3.14. The lowest BCUT2D eigenvalue weighted by molar-refractivity contribution is -0.141. The second-order valence-electron chi connectivity index (χ2n) is 6.90. The number of esters is 1. The lowest BCUT2D eigenvalue weighted by atomic mass is 10.1. The van der Waals surface area contributed by atoms with Gasteiger partial charge in [0.15, 0.2) is 11.7 Å². The molecular formula is C21H28N2O4. The second-order valence-corrected chi connectivity index (χ2v) is 6.90. The fourth-order valence-corrected chi connectivity index (χ4v) is 2.80. The van der Waals surface area contributed by atoms with E-state index in [0.29, 0.717) is 44.2 Å². The molecule has 2 aromatic rings. The third-order valence-electron chi connectivity index (χ3n) is 4.14. The molecule has 0 aliphatic rings. The summed E-state index contributed by atoms with van der Waals surface area (Å²) in [4.78, 5) is 29.9. The lowest BCUT2D eigenvalue weighted by Crippen LogP contribution is -2.36. The molecule has 6 heteroatoms. The zero-order chi connectivity index (χ0) is 19.6. The third kappa shape index (κ3) is 6.89. The van der Waals surface area contributed by atoms with Gasteiger partial charge in [-0.15, -0.1) is 0 Å². The van der Waals surface area contributed by atoms with Crippen molar-refractivity contribution in [2.45, 2.75) is 39.5 Å². The van der Waals surface area contributed by atoms with E-state index in [1.165, 1.54) is 7.11 Å². The molecule has 1 heterocycles. The first-order chi connectivity index (χ1) is 13.0. The monoisotopic (exact) mass is 372 g/mol. The molecular weight excluding hydrogens is 344 g/mol. The van der Waals surface area contributed by atoms with Gasteiger partial charge in [-0.3, -0.25) is 9.59 Å². The number of hydrogen-bond acceptors (Lipinski definition) is 5. The minimum Gasteiger partial charge on any atom is -0.469 e. The Hall–Kier alpha value is -2.63. The molecule has 0 radical (unpaired) electrons. The molecule has 0 atom stereocenters. The van der Waals surface area contributed by atoms with Gasteiger partial charge in [0, 0.05) is 31.5 Å². The summed E-state index contributed by atoms with van der Waals surface area (Å²) in [5, 5.41) is 0. The average molecular weight is 372 g/mol. The fourth-order valence-electron chi connectivity index (χ4n) is 2.80. The molecule has 6 nitrogen and oxygen atoms in total. The van der Waals surface area contributed by atoms with Crippen molar-refractivity contribution in [3.63, 3.8) is 0 Å². The van der Waals surface area contributed by atoms with Crippen molar-refractivity contribution in [3.05, 3.63) is 42.4 Å². The standard InChI is InChI=1S/C21H28N2O4/c1-16(2)15-23(13-12-21(25)26-3)20(24)11-7-10-19-22-14-18(27-19)17-8-5-4-6-9-17/h4-6,8-9,14,16H,7,10-13,15H2,1-3H3. The Morgan fingerprint density at radius 2 is 1.93 bits per heavy atom. The minimum absolute atomic E-state index is 0.0439. The van der Waals surface area contributed by atoms with Crippen LogP contribution in [-0.2, 0) is 20.7 Å². The Morgan fingerprint density at radius 1 is 1.19 bits per heavy atom. The van der Waals surface area contributed by atoms with E-state index >= 15 is 0 Å². The van der Waals surface area contributed by atoms with E-state index in [0.717, 1.165) is 11.3 Å². The predicted molar refractivity (Wildman–Crippen MR) is 103 cm³/mol. The van der Waals surface area contributed by atoms with Gasteiger partial charge in [0.25, 0.3) is 0 Å². The second kappa shape index (κ2) is 10.5. The Balaban J connectivity index is 1.84. The first-order valence-electron chi connectivity index (χ1n) is 9.34. The normalized spacial score (nSPS) is 10.8. The number of carbonyl (C=O) groups excluding carboxylic acids is 2. The number of carbonyl (C=O) groups is 2. The molecule has 0 saturated carbocycles. The number of methoxy groups -OCH3 is 1. The summed E-state index contributed by atoms with van der Waals surface area (Å²) in [5.74, 6) is 1.45. The summed E-state index contributed by atoms with van der Waals surface area (Å²) in [5.41, 5.74) is 0.984. The molecule has 0 unspecified atom stereocenters. The summed E-state index contributed by atoms with van der Waals surface area (Å²) in [6.07, 6.45) is 3.59. The predicted octanol–water partition coefficient (Wildman–Crippen LogP) is 3.71. The molecule has 1 aromatic heterocycles. The largest absolute Gasteiger partial charge is 0.469 e. The zero-order valence-corrected chi connectivity index (χ0v) is 16.3. The lowest BCUT2D eigenvalue weighted by Gasteiger charge is -2.24. The van der Waals surface area contributed by atoms with Gasteiger partial charge in [-0.2, -0.15) is 0 Å².